The van der Waals surface area contributed by atoms with Crippen LogP contribution in [0.2, 0.25) is 10.0 Å². The zero-order valence-electron chi connectivity index (χ0n) is 14.8. The van der Waals surface area contributed by atoms with Crippen LogP contribution in [0.3, 0.4) is 0 Å². The summed E-state index contributed by atoms with van der Waals surface area (Å²) in [5.74, 6) is 0.0879. The highest BCUT2D eigenvalue weighted by molar-refractivity contribution is 6.35. The van der Waals surface area contributed by atoms with Gasteiger partial charge in [0.05, 0.1) is 6.10 Å². The minimum absolute atomic E-state index is 0.0732. The zero-order valence-corrected chi connectivity index (χ0v) is 16.3. The molecule has 0 aromatic heterocycles. The maximum atomic E-state index is 12.3. The third kappa shape index (κ3) is 5.93. The SMILES string of the molecule is CC(=O)N(CC(=O)Nc1ccc(OC(C)C)cc1)c1cc(Cl)cc(Cl)c1. The first-order valence-electron chi connectivity index (χ1n) is 8.05. The Bertz CT molecular complexity index is 772. The minimum atomic E-state index is -0.339. The molecule has 0 saturated carbocycles. The topological polar surface area (TPSA) is 58.6 Å². The second-order valence-electron chi connectivity index (χ2n) is 5.97. The molecular weight excluding hydrogens is 375 g/mol. The Morgan fingerprint density at radius 1 is 1.08 bits per heavy atom. The van der Waals surface area contributed by atoms with Crippen molar-refractivity contribution in [3.8, 4) is 5.75 Å². The smallest absolute Gasteiger partial charge is 0.244 e. The molecule has 5 nitrogen and oxygen atoms in total. The van der Waals surface area contributed by atoms with Crippen molar-refractivity contribution in [1.82, 2.24) is 0 Å². The van der Waals surface area contributed by atoms with Crippen LogP contribution in [0.25, 0.3) is 0 Å². The van der Waals surface area contributed by atoms with Crippen LogP contribution in [0.5, 0.6) is 5.75 Å². The number of nitrogens with one attached hydrogen (secondary N) is 1. The molecule has 0 fully saturated rings. The van der Waals surface area contributed by atoms with E-state index in [9.17, 15) is 9.59 Å². The highest BCUT2D eigenvalue weighted by Crippen LogP contribution is 2.25. The first-order valence-corrected chi connectivity index (χ1v) is 8.81. The number of rotatable bonds is 6. The number of ether oxygens (including phenoxy) is 1. The van der Waals surface area contributed by atoms with Crippen molar-refractivity contribution in [3.05, 3.63) is 52.5 Å². The van der Waals surface area contributed by atoms with E-state index in [1.54, 1.807) is 42.5 Å². The maximum absolute atomic E-state index is 12.3. The number of nitrogens with zero attached hydrogens (tertiary/aromatic N) is 1. The number of benzene rings is 2. The monoisotopic (exact) mass is 394 g/mol. The number of carbonyl (C=O) groups is 2. The summed E-state index contributed by atoms with van der Waals surface area (Å²) >= 11 is 12.0. The Morgan fingerprint density at radius 2 is 1.65 bits per heavy atom. The van der Waals surface area contributed by atoms with Crippen molar-refractivity contribution in [2.75, 3.05) is 16.8 Å². The van der Waals surface area contributed by atoms with E-state index in [0.717, 1.165) is 5.75 Å². The van der Waals surface area contributed by atoms with Gasteiger partial charge in [-0.1, -0.05) is 23.2 Å². The van der Waals surface area contributed by atoms with Crippen LogP contribution in [0.4, 0.5) is 11.4 Å². The van der Waals surface area contributed by atoms with Gasteiger partial charge < -0.3 is 15.0 Å². The summed E-state index contributed by atoms with van der Waals surface area (Å²) < 4.78 is 5.56. The molecule has 2 rings (SSSR count). The first kappa shape index (κ1) is 20.1. The molecule has 0 unspecified atom stereocenters. The lowest BCUT2D eigenvalue weighted by molar-refractivity contribution is -0.120. The Morgan fingerprint density at radius 3 is 2.15 bits per heavy atom. The standard InChI is InChI=1S/C19H20Cl2N2O3/c1-12(2)26-18-6-4-16(5-7-18)22-19(25)11-23(13(3)24)17-9-14(20)8-15(21)10-17/h4-10,12H,11H2,1-3H3,(H,22,25). The number of hydrogen-bond acceptors (Lipinski definition) is 3. The Balaban J connectivity index is 2.07. The van der Waals surface area contributed by atoms with Gasteiger partial charge in [-0.2, -0.15) is 0 Å². The Hall–Kier alpha value is -2.24. The van der Waals surface area contributed by atoms with Crippen LogP contribution < -0.4 is 15.0 Å². The number of halogens is 2. The largest absolute Gasteiger partial charge is 0.491 e. The van der Waals surface area contributed by atoms with Gasteiger partial charge in [0.25, 0.3) is 0 Å². The van der Waals surface area contributed by atoms with Gasteiger partial charge in [-0.05, 0) is 56.3 Å². The summed E-state index contributed by atoms with van der Waals surface area (Å²) in [5.41, 5.74) is 1.07. The van der Waals surface area contributed by atoms with Crippen LogP contribution in [0, 0.1) is 0 Å². The predicted octanol–water partition coefficient (Wildman–Crippen LogP) is 4.77. The summed E-state index contributed by atoms with van der Waals surface area (Å²) in [6.45, 7) is 5.10. The molecule has 7 heteroatoms. The third-order valence-electron chi connectivity index (χ3n) is 3.35. The average molecular weight is 395 g/mol. The molecule has 0 atom stereocenters. The van der Waals surface area contributed by atoms with Gasteiger partial charge >= 0.3 is 0 Å². The second kappa shape index (κ2) is 8.92. The van der Waals surface area contributed by atoms with Crippen LogP contribution in [0.1, 0.15) is 20.8 Å². The maximum Gasteiger partial charge on any atom is 0.244 e. The fraction of sp³-hybridized carbons (Fsp3) is 0.263. The lowest BCUT2D eigenvalue weighted by atomic mass is 10.2. The summed E-state index contributed by atoms with van der Waals surface area (Å²) in [4.78, 5) is 25.6. The average Bonchev–Trinajstić information content (AvgIpc) is 2.52. The van der Waals surface area contributed by atoms with Crippen molar-refractivity contribution in [2.24, 2.45) is 0 Å². The molecule has 138 valence electrons. The van der Waals surface area contributed by atoms with E-state index in [4.69, 9.17) is 27.9 Å². The van der Waals surface area contributed by atoms with E-state index in [1.165, 1.54) is 11.8 Å². The molecule has 2 aromatic carbocycles. The Kier molecular flexibility index (Phi) is 6.89. The van der Waals surface area contributed by atoms with Crippen molar-refractivity contribution >= 4 is 46.4 Å². The van der Waals surface area contributed by atoms with E-state index in [0.29, 0.717) is 21.4 Å². The van der Waals surface area contributed by atoms with Crippen molar-refractivity contribution in [3.63, 3.8) is 0 Å². The van der Waals surface area contributed by atoms with E-state index in [1.807, 2.05) is 13.8 Å². The predicted molar refractivity (Wildman–Crippen MR) is 105 cm³/mol. The quantitative estimate of drug-likeness (QED) is 0.767. The fourth-order valence-corrected chi connectivity index (χ4v) is 2.83. The molecule has 2 aromatic rings. The van der Waals surface area contributed by atoms with Crippen LogP contribution in [-0.4, -0.2) is 24.5 Å². The van der Waals surface area contributed by atoms with E-state index < -0.39 is 0 Å². The van der Waals surface area contributed by atoms with Crippen LogP contribution in [-0.2, 0) is 9.59 Å². The van der Waals surface area contributed by atoms with Gasteiger partial charge in [0, 0.05) is 28.3 Å². The van der Waals surface area contributed by atoms with Crippen molar-refractivity contribution < 1.29 is 14.3 Å². The summed E-state index contributed by atoms with van der Waals surface area (Å²) in [5, 5.41) is 3.53. The van der Waals surface area contributed by atoms with Crippen molar-refractivity contribution in [2.45, 2.75) is 26.9 Å². The molecule has 1 N–H and O–H groups in total. The highest BCUT2D eigenvalue weighted by Gasteiger charge is 2.17. The molecule has 0 radical (unpaired) electrons. The normalized spacial score (nSPS) is 10.5. The zero-order chi connectivity index (χ0) is 19.3. The van der Waals surface area contributed by atoms with Crippen molar-refractivity contribution in [1.29, 1.82) is 0 Å². The number of carbonyl (C=O) groups excluding carboxylic acids is 2. The summed E-state index contributed by atoms with van der Waals surface area (Å²) in [6.07, 6.45) is 0.0732. The number of hydrogen-bond donors (Lipinski definition) is 1. The molecule has 26 heavy (non-hydrogen) atoms. The lowest BCUT2D eigenvalue weighted by Gasteiger charge is -2.21. The van der Waals surface area contributed by atoms with Crippen LogP contribution >= 0.6 is 23.2 Å². The molecule has 2 amide bonds. The molecule has 0 heterocycles. The molecule has 0 bridgehead atoms. The highest BCUT2D eigenvalue weighted by atomic mass is 35.5. The molecule has 0 aliphatic rings. The van der Waals surface area contributed by atoms with Crippen LogP contribution in [0.15, 0.2) is 42.5 Å². The van der Waals surface area contributed by atoms with Gasteiger partial charge in [-0.15, -0.1) is 0 Å². The molecule has 0 aliphatic heterocycles. The summed E-state index contributed by atoms with van der Waals surface area (Å²) in [6, 6.07) is 11.8. The van der Waals surface area contributed by atoms with Gasteiger partial charge in [0.2, 0.25) is 11.8 Å². The minimum Gasteiger partial charge on any atom is -0.491 e. The molecule has 0 aliphatic carbocycles. The molecule has 0 saturated heterocycles. The number of anilines is 2. The van der Waals surface area contributed by atoms with Gasteiger partial charge in [0.1, 0.15) is 12.3 Å². The number of amides is 2. The van der Waals surface area contributed by atoms with E-state index >= 15 is 0 Å². The van der Waals surface area contributed by atoms with E-state index in [2.05, 4.69) is 5.32 Å². The van der Waals surface area contributed by atoms with Gasteiger partial charge in [0.15, 0.2) is 0 Å². The lowest BCUT2D eigenvalue weighted by Crippen LogP contribution is -2.36. The molecular formula is C19H20Cl2N2O3. The van der Waals surface area contributed by atoms with Gasteiger partial charge in [-0.3, -0.25) is 9.59 Å². The molecule has 0 spiro atoms. The van der Waals surface area contributed by atoms with Gasteiger partial charge in [-0.25, -0.2) is 0 Å². The Labute approximate surface area is 162 Å². The fourth-order valence-electron chi connectivity index (χ4n) is 2.31. The summed E-state index contributed by atoms with van der Waals surface area (Å²) in [7, 11) is 0. The first-order chi connectivity index (χ1) is 12.2. The van der Waals surface area contributed by atoms with E-state index in [-0.39, 0.29) is 24.5 Å². The second-order valence-corrected chi connectivity index (χ2v) is 6.84. The third-order valence-corrected chi connectivity index (χ3v) is 3.79.